The second-order valence-electron chi connectivity index (χ2n) is 10.2. The highest BCUT2D eigenvalue weighted by molar-refractivity contribution is 6.11. The number of ether oxygens (including phenoxy) is 1. The Morgan fingerprint density at radius 3 is 2.41 bits per heavy atom. The average molecular weight is 469 g/mol. The Morgan fingerprint density at radius 1 is 1.03 bits per heavy atom. The van der Waals surface area contributed by atoms with Gasteiger partial charge in [-0.25, -0.2) is 4.79 Å². The number of amides is 2. The first-order valence-electron chi connectivity index (χ1n) is 12.3. The fourth-order valence-corrected chi connectivity index (χ4v) is 5.92. The molecule has 182 valence electrons. The van der Waals surface area contributed by atoms with Gasteiger partial charge in [0.05, 0.1) is 23.2 Å². The molecule has 0 aliphatic carbocycles. The van der Waals surface area contributed by atoms with Gasteiger partial charge in [0.2, 0.25) is 11.8 Å². The summed E-state index contributed by atoms with van der Waals surface area (Å²) in [5, 5.41) is 4.36. The molecule has 2 amide bonds. The molecule has 2 aromatic rings. The Labute approximate surface area is 198 Å². The Bertz CT molecular complexity index is 1170. The highest BCUT2D eigenvalue weighted by atomic mass is 16.5. The van der Waals surface area contributed by atoms with Crippen LogP contribution in [0.1, 0.15) is 25.7 Å². The van der Waals surface area contributed by atoms with Crippen molar-refractivity contribution in [2.45, 2.75) is 31.3 Å². The number of anilines is 1. The number of aromatic nitrogens is 2. The zero-order chi connectivity index (χ0) is 23.4. The topological polar surface area (TPSA) is 92.0 Å². The van der Waals surface area contributed by atoms with Crippen molar-refractivity contribution in [3.05, 3.63) is 28.7 Å². The zero-order valence-corrected chi connectivity index (χ0v) is 19.7. The second kappa shape index (κ2) is 8.21. The van der Waals surface area contributed by atoms with Crippen molar-refractivity contribution in [1.29, 1.82) is 0 Å². The number of hydrogen-bond acceptors (Lipinski definition) is 7. The van der Waals surface area contributed by atoms with Crippen LogP contribution in [0.5, 0.6) is 0 Å². The summed E-state index contributed by atoms with van der Waals surface area (Å²) in [5.74, 6) is -0.0316. The number of carbonyl (C=O) groups excluding carboxylic acids is 2. The van der Waals surface area contributed by atoms with Gasteiger partial charge >= 0.3 is 5.69 Å². The van der Waals surface area contributed by atoms with Crippen molar-refractivity contribution in [3.63, 3.8) is 0 Å². The van der Waals surface area contributed by atoms with E-state index in [1.807, 2.05) is 18.2 Å². The van der Waals surface area contributed by atoms with E-state index in [1.165, 1.54) is 9.24 Å². The molecule has 1 spiro atoms. The second-order valence-corrected chi connectivity index (χ2v) is 10.2. The molecule has 1 atom stereocenters. The van der Waals surface area contributed by atoms with E-state index in [0.717, 1.165) is 75.1 Å². The van der Waals surface area contributed by atoms with Gasteiger partial charge in [-0.3, -0.25) is 19.1 Å². The van der Waals surface area contributed by atoms with Gasteiger partial charge in [0, 0.05) is 71.4 Å². The molecule has 0 saturated carbocycles. The maximum Gasteiger partial charge on any atom is 0.348 e. The normalized spacial score (nSPS) is 25.5. The molecule has 6 rings (SSSR count). The number of piperidine rings is 1. The monoisotopic (exact) mass is 468 g/mol. The molecule has 0 bridgehead atoms. The Kier molecular flexibility index (Phi) is 5.27. The number of carbonyl (C=O) groups is 2. The highest BCUT2D eigenvalue weighted by Gasteiger charge is 2.45. The van der Waals surface area contributed by atoms with Crippen LogP contribution in [0.2, 0.25) is 0 Å². The number of nitrogens with one attached hydrogen (secondary N) is 1. The van der Waals surface area contributed by atoms with Gasteiger partial charge in [0.1, 0.15) is 0 Å². The summed E-state index contributed by atoms with van der Waals surface area (Å²) in [6, 6.07) is 5.85. The lowest BCUT2D eigenvalue weighted by Crippen LogP contribution is -2.59. The molecule has 1 aromatic heterocycles. The minimum atomic E-state index is -0.376. The third kappa shape index (κ3) is 3.55. The quantitative estimate of drug-likeness (QED) is 0.633. The summed E-state index contributed by atoms with van der Waals surface area (Å²) < 4.78 is 8.84. The number of rotatable bonds is 4. The molecule has 1 N–H and O–H groups in total. The molecule has 4 aliphatic heterocycles. The Hall–Kier alpha value is -2.69. The van der Waals surface area contributed by atoms with Crippen LogP contribution in [-0.2, 0) is 21.4 Å². The van der Waals surface area contributed by atoms with E-state index in [9.17, 15) is 14.4 Å². The molecule has 4 fully saturated rings. The van der Waals surface area contributed by atoms with E-state index >= 15 is 0 Å². The Balaban J connectivity index is 1.16. The van der Waals surface area contributed by atoms with Crippen LogP contribution >= 0.6 is 0 Å². The van der Waals surface area contributed by atoms with Crippen molar-refractivity contribution in [2.24, 2.45) is 13.0 Å². The first-order chi connectivity index (χ1) is 16.4. The van der Waals surface area contributed by atoms with E-state index in [1.54, 1.807) is 7.05 Å². The lowest BCUT2D eigenvalue weighted by atomic mass is 9.89. The summed E-state index contributed by atoms with van der Waals surface area (Å²) in [6.45, 7) is 7.77. The van der Waals surface area contributed by atoms with Gasteiger partial charge < -0.3 is 15.0 Å². The standard InChI is InChI=1S/C24H32N6O4/c1-26-20-11-18(5-6-19(20)29(23(26)33)30-21(31)3-2-4-22(30)32)28-9-7-27(8-10-28)13-17-12-24(34-14-17)15-25-16-24/h5-6,11,17,25H,2-4,7-10,12-16H2,1H3. The van der Waals surface area contributed by atoms with Gasteiger partial charge in [0.15, 0.2) is 0 Å². The molecule has 34 heavy (non-hydrogen) atoms. The number of imide groups is 1. The van der Waals surface area contributed by atoms with Gasteiger partial charge in [-0.1, -0.05) is 0 Å². The predicted molar refractivity (Wildman–Crippen MR) is 128 cm³/mol. The van der Waals surface area contributed by atoms with Crippen LogP contribution in [0.15, 0.2) is 23.0 Å². The third-order valence-corrected chi connectivity index (χ3v) is 7.90. The van der Waals surface area contributed by atoms with E-state index < -0.39 is 0 Å². The molecule has 5 heterocycles. The summed E-state index contributed by atoms with van der Waals surface area (Å²) >= 11 is 0. The van der Waals surface area contributed by atoms with Crippen LogP contribution in [-0.4, -0.2) is 84.0 Å². The smallest absolute Gasteiger partial charge is 0.348 e. The van der Waals surface area contributed by atoms with Crippen molar-refractivity contribution in [2.75, 3.05) is 62.3 Å². The number of benzene rings is 1. The van der Waals surface area contributed by atoms with Crippen molar-refractivity contribution < 1.29 is 14.3 Å². The average Bonchev–Trinajstić information content (AvgIpc) is 3.35. The largest absolute Gasteiger partial charge is 0.372 e. The van der Waals surface area contributed by atoms with Crippen LogP contribution in [0.4, 0.5) is 5.69 Å². The summed E-state index contributed by atoms with van der Waals surface area (Å²) in [4.78, 5) is 42.8. The molecular formula is C24H32N6O4. The molecule has 10 heteroatoms. The van der Waals surface area contributed by atoms with Gasteiger partial charge in [0.25, 0.3) is 0 Å². The van der Waals surface area contributed by atoms with E-state index in [0.29, 0.717) is 17.9 Å². The number of imidazole rings is 1. The summed E-state index contributed by atoms with van der Waals surface area (Å²) in [6.07, 6.45) is 2.25. The van der Waals surface area contributed by atoms with Crippen LogP contribution < -0.4 is 20.9 Å². The fraction of sp³-hybridized carbons (Fsp3) is 0.625. The predicted octanol–water partition coefficient (Wildman–Crippen LogP) is 0.0156. The summed E-state index contributed by atoms with van der Waals surface area (Å²) in [7, 11) is 1.69. The minimum absolute atomic E-state index is 0.109. The number of aryl methyl sites for hydroxylation is 1. The maximum atomic E-state index is 13.0. The van der Waals surface area contributed by atoms with Crippen molar-refractivity contribution in [1.82, 2.24) is 19.5 Å². The SMILES string of the molecule is Cn1c(=O)n(N2C(=O)CCCC2=O)c2ccc(N3CCN(CC4COC5(CNC5)C4)CC3)cc21. The summed E-state index contributed by atoms with van der Waals surface area (Å²) in [5.41, 5.74) is 2.09. The van der Waals surface area contributed by atoms with E-state index in [2.05, 4.69) is 15.1 Å². The number of piperazine rings is 1. The zero-order valence-electron chi connectivity index (χ0n) is 19.7. The van der Waals surface area contributed by atoms with E-state index in [-0.39, 0.29) is 35.9 Å². The molecular weight excluding hydrogens is 436 g/mol. The minimum Gasteiger partial charge on any atom is -0.372 e. The Morgan fingerprint density at radius 2 is 1.76 bits per heavy atom. The highest BCUT2D eigenvalue weighted by Crippen LogP contribution is 2.34. The molecule has 1 aromatic carbocycles. The van der Waals surface area contributed by atoms with E-state index in [4.69, 9.17) is 4.74 Å². The number of fused-ring (bicyclic) bond motifs is 1. The fourth-order valence-electron chi connectivity index (χ4n) is 5.92. The van der Waals surface area contributed by atoms with Crippen molar-refractivity contribution in [3.8, 4) is 0 Å². The molecule has 1 unspecified atom stereocenters. The molecule has 10 nitrogen and oxygen atoms in total. The molecule has 4 aliphatic rings. The molecule has 0 radical (unpaired) electrons. The lowest BCUT2D eigenvalue weighted by Gasteiger charge is -2.39. The maximum absolute atomic E-state index is 13.0. The van der Waals surface area contributed by atoms with Crippen LogP contribution in [0.3, 0.4) is 0 Å². The van der Waals surface area contributed by atoms with Crippen molar-refractivity contribution >= 4 is 28.5 Å². The first kappa shape index (κ1) is 21.8. The first-order valence-corrected chi connectivity index (χ1v) is 12.3. The van der Waals surface area contributed by atoms with Gasteiger partial charge in [-0.15, -0.1) is 0 Å². The molecule has 4 saturated heterocycles. The number of hydrogen-bond donors (Lipinski definition) is 1. The van der Waals surface area contributed by atoms with Gasteiger partial charge in [-0.2, -0.15) is 9.69 Å². The van der Waals surface area contributed by atoms with Gasteiger partial charge in [-0.05, 0) is 37.0 Å². The van der Waals surface area contributed by atoms with Crippen LogP contribution in [0, 0.1) is 5.92 Å². The third-order valence-electron chi connectivity index (χ3n) is 7.90. The number of nitrogens with zero attached hydrogens (tertiary/aromatic N) is 5. The lowest BCUT2D eigenvalue weighted by molar-refractivity contribution is -0.131. The van der Waals surface area contributed by atoms with Crippen LogP contribution in [0.25, 0.3) is 11.0 Å².